The van der Waals surface area contributed by atoms with Crippen LogP contribution in [0.15, 0.2) is 47.4 Å². The standard InChI is InChI=1S/C13H11FN2O4S/c1-9-2-5-11(6-3-9)21(19,20)15-12-7-4-10(14)8-13(12)16(17)18/h2-8,15H,1H3. The lowest BCUT2D eigenvalue weighted by Gasteiger charge is -2.08. The Hall–Kier alpha value is -2.48. The van der Waals surface area contributed by atoms with Crippen LogP contribution in [0.4, 0.5) is 15.8 Å². The van der Waals surface area contributed by atoms with Crippen molar-refractivity contribution in [1.82, 2.24) is 0 Å². The normalized spacial score (nSPS) is 11.1. The molecule has 0 aliphatic carbocycles. The van der Waals surface area contributed by atoms with Crippen molar-refractivity contribution in [3.63, 3.8) is 0 Å². The molecule has 2 rings (SSSR count). The lowest BCUT2D eigenvalue weighted by atomic mass is 10.2. The molecule has 8 heteroatoms. The summed E-state index contributed by atoms with van der Waals surface area (Å²) >= 11 is 0. The van der Waals surface area contributed by atoms with Crippen molar-refractivity contribution in [2.75, 3.05) is 4.72 Å². The highest BCUT2D eigenvalue weighted by molar-refractivity contribution is 7.92. The highest BCUT2D eigenvalue weighted by atomic mass is 32.2. The van der Waals surface area contributed by atoms with E-state index in [4.69, 9.17) is 0 Å². The lowest BCUT2D eigenvalue weighted by Crippen LogP contribution is -2.14. The Labute approximate surface area is 120 Å². The van der Waals surface area contributed by atoms with Crippen molar-refractivity contribution in [3.8, 4) is 0 Å². The maximum Gasteiger partial charge on any atom is 0.296 e. The van der Waals surface area contributed by atoms with E-state index in [0.29, 0.717) is 6.07 Å². The topological polar surface area (TPSA) is 89.3 Å². The molecular weight excluding hydrogens is 299 g/mol. The summed E-state index contributed by atoms with van der Waals surface area (Å²) < 4.78 is 39.4. The van der Waals surface area contributed by atoms with Gasteiger partial charge in [-0.1, -0.05) is 17.7 Å². The molecule has 0 saturated heterocycles. The van der Waals surface area contributed by atoms with Crippen molar-refractivity contribution in [2.24, 2.45) is 0 Å². The Morgan fingerprint density at radius 3 is 2.33 bits per heavy atom. The zero-order valence-corrected chi connectivity index (χ0v) is 11.7. The number of benzene rings is 2. The molecule has 0 atom stereocenters. The first-order valence-corrected chi connectivity index (χ1v) is 7.31. The molecule has 0 amide bonds. The largest absolute Gasteiger partial charge is 0.296 e. The maximum absolute atomic E-state index is 13.0. The minimum atomic E-state index is -3.98. The van der Waals surface area contributed by atoms with Crippen molar-refractivity contribution in [3.05, 3.63) is 64.0 Å². The Bertz CT molecular complexity index is 788. The summed E-state index contributed by atoms with van der Waals surface area (Å²) in [5.41, 5.74) is -0.0608. The SMILES string of the molecule is Cc1ccc(S(=O)(=O)Nc2ccc(F)cc2[N+](=O)[O-])cc1. The summed E-state index contributed by atoms with van der Waals surface area (Å²) in [5.74, 6) is -0.819. The smallest absolute Gasteiger partial charge is 0.273 e. The molecule has 0 aliphatic rings. The Morgan fingerprint density at radius 1 is 1.14 bits per heavy atom. The maximum atomic E-state index is 13.0. The molecule has 0 unspecified atom stereocenters. The van der Waals surface area contributed by atoms with Gasteiger partial charge < -0.3 is 0 Å². The molecule has 0 heterocycles. The van der Waals surface area contributed by atoms with Crippen LogP contribution < -0.4 is 4.72 Å². The third-order valence-corrected chi connectivity index (χ3v) is 4.11. The number of nitro benzene ring substituents is 1. The van der Waals surface area contributed by atoms with Crippen molar-refractivity contribution in [1.29, 1.82) is 0 Å². The van der Waals surface area contributed by atoms with E-state index in [1.807, 2.05) is 0 Å². The number of sulfonamides is 1. The number of nitrogens with one attached hydrogen (secondary N) is 1. The van der Waals surface area contributed by atoms with Crippen LogP contribution >= 0.6 is 0 Å². The third-order valence-electron chi connectivity index (χ3n) is 2.73. The summed E-state index contributed by atoms with van der Waals surface area (Å²) in [6, 6.07) is 8.59. The predicted molar refractivity (Wildman–Crippen MR) is 75.0 cm³/mol. The summed E-state index contributed by atoms with van der Waals surface area (Å²) in [4.78, 5) is 9.96. The fourth-order valence-corrected chi connectivity index (χ4v) is 2.74. The third kappa shape index (κ3) is 3.34. The van der Waals surface area contributed by atoms with Crippen molar-refractivity contribution >= 4 is 21.4 Å². The van der Waals surface area contributed by atoms with E-state index in [2.05, 4.69) is 4.72 Å². The Kier molecular flexibility index (Phi) is 3.90. The van der Waals surface area contributed by atoms with Gasteiger partial charge in [0, 0.05) is 0 Å². The van der Waals surface area contributed by atoms with Crippen LogP contribution in [0.1, 0.15) is 5.56 Å². The quantitative estimate of drug-likeness (QED) is 0.694. The van der Waals surface area contributed by atoms with Gasteiger partial charge in [0.25, 0.3) is 15.7 Å². The van der Waals surface area contributed by atoms with Gasteiger partial charge in [-0.05, 0) is 31.2 Å². The van der Waals surface area contributed by atoms with Gasteiger partial charge in [0.2, 0.25) is 0 Å². The van der Waals surface area contributed by atoms with E-state index in [1.54, 1.807) is 19.1 Å². The first-order valence-electron chi connectivity index (χ1n) is 5.83. The molecule has 2 aromatic rings. The molecule has 110 valence electrons. The number of hydrogen-bond donors (Lipinski definition) is 1. The molecule has 6 nitrogen and oxygen atoms in total. The van der Waals surface area contributed by atoms with Gasteiger partial charge in [-0.3, -0.25) is 14.8 Å². The summed E-state index contributed by atoms with van der Waals surface area (Å²) in [5, 5.41) is 10.8. The van der Waals surface area contributed by atoms with Crippen LogP contribution in [-0.2, 0) is 10.0 Å². The highest BCUT2D eigenvalue weighted by Gasteiger charge is 2.21. The van der Waals surface area contributed by atoms with Crippen LogP contribution in [0.5, 0.6) is 0 Å². The number of halogens is 1. The molecule has 0 aliphatic heterocycles. The van der Waals surface area contributed by atoms with Crippen LogP contribution in [0.2, 0.25) is 0 Å². The number of nitrogens with zero attached hydrogens (tertiary/aromatic N) is 1. The lowest BCUT2D eigenvalue weighted by molar-refractivity contribution is -0.384. The molecule has 0 saturated carbocycles. The second kappa shape index (κ2) is 5.49. The van der Waals surface area contributed by atoms with Crippen LogP contribution in [0, 0.1) is 22.9 Å². The van der Waals surface area contributed by atoms with Crippen LogP contribution in [-0.4, -0.2) is 13.3 Å². The molecule has 1 N–H and O–H groups in total. The van der Waals surface area contributed by atoms with Crippen molar-refractivity contribution < 1.29 is 17.7 Å². The van der Waals surface area contributed by atoms with Gasteiger partial charge in [0.05, 0.1) is 15.9 Å². The molecule has 0 bridgehead atoms. The Morgan fingerprint density at radius 2 is 1.76 bits per heavy atom. The van der Waals surface area contributed by atoms with E-state index in [9.17, 15) is 22.9 Å². The average Bonchev–Trinajstić information content (AvgIpc) is 2.41. The van der Waals surface area contributed by atoms with Gasteiger partial charge in [0.15, 0.2) is 0 Å². The predicted octanol–water partition coefficient (Wildman–Crippen LogP) is 2.84. The fourth-order valence-electron chi connectivity index (χ4n) is 1.66. The fraction of sp³-hybridized carbons (Fsp3) is 0.0769. The van der Waals surface area contributed by atoms with E-state index in [1.165, 1.54) is 12.1 Å². The summed E-state index contributed by atoms with van der Waals surface area (Å²) in [6.45, 7) is 1.80. The second-order valence-electron chi connectivity index (χ2n) is 4.34. The monoisotopic (exact) mass is 310 g/mol. The minimum absolute atomic E-state index is 0.0354. The van der Waals surface area contributed by atoms with Crippen LogP contribution in [0.25, 0.3) is 0 Å². The molecule has 0 radical (unpaired) electrons. The number of anilines is 1. The zero-order chi connectivity index (χ0) is 15.6. The van der Waals surface area contributed by atoms with E-state index >= 15 is 0 Å². The molecule has 0 aromatic heterocycles. The van der Waals surface area contributed by atoms with E-state index in [-0.39, 0.29) is 10.6 Å². The molecule has 0 spiro atoms. The first kappa shape index (κ1) is 14.9. The number of hydrogen-bond acceptors (Lipinski definition) is 4. The second-order valence-corrected chi connectivity index (χ2v) is 6.02. The summed E-state index contributed by atoms with van der Waals surface area (Å²) in [7, 11) is -3.98. The minimum Gasteiger partial charge on any atom is -0.273 e. The van der Waals surface area contributed by atoms with Gasteiger partial charge in [-0.15, -0.1) is 0 Å². The number of aryl methyl sites for hydroxylation is 1. The van der Waals surface area contributed by atoms with E-state index < -0.39 is 26.5 Å². The average molecular weight is 310 g/mol. The van der Waals surface area contributed by atoms with Gasteiger partial charge >= 0.3 is 0 Å². The molecule has 2 aromatic carbocycles. The van der Waals surface area contributed by atoms with Crippen LogP contribution in [0.3, 0.4) is 0 Å². The first-order chi connectivity index (χ1) is 9.79. The van der Waals surface area contributed by atoms with Gasteiger partial charge in [-0.2, -0.15) is 0 Å². The molecular formula is C13H11FN2O4S. The molecule has 21 heavy (non-hydrogen) atoms. The van der Waals surface area contributed by atoms with E-state index in [0.717, 1.165) is 17.7 Å². The van der Waals surface area contributed by atoms with Crippen molar-refractivity contribution in [2.45, 2.75) is 11.8 Å². The summed E-state index contributed by atoms with van der Waals surface area (Å²) in [6.07, 6.45) is 0. The highest BCUT2D eigenvalue weighted by Crippen LogP contribution is 2.27. The van der Waals surface area contributed by atoms with Gasteiger partial charge in [0.1, 0.15) is 11.5 Å². The number of nitro groups is 1. The Balaban J connectivity index is 2.41. The number of rotatable bonds is 4. The van der Waals surface area contributed by atoms with Gasteiger partial charge in [-0.25, -0.2) is 12.8 Å². The zero-order valence-electron chi connectivity index (χ0n) is 10.9. The molecule has 0 fully saturated rings.